The Labute approximate surface area is 95.5 Å². The fourth-order valence-corrected chi connectivity index (χ4v) is 1.95. The number of nitrogens with one attached hydrogen (secondary N) is 1. The summed E-state index contributed by atoms with van der Waals surface area (Å²) >= 11 is 1.55. The largest absolute Gasteiger partial charge is 0.311 e. The van der Waals surface area contributed by atoms with Crippen molar-refractivity contribution < 1.29 is 4.39 Å². The van der Waals surface area contributed by atoms with E-state index in [0.29, 0.717) is 0 Å². The zero-order valence-corrected chi connectivity index (χ0v) is 10.3. The summed E-state index contributed by atoms with van der Waals surface area (Å²) < 4.78 is 13.2. The summed E-state index contributed by atoms with van der Waals surface area (Å²) in [6.45, 7) is 7.27. The number of benzene rings is 1. The van der Waals surface area contributed by atoms with Crippen molar-refractivity contribution in [2.75, 3.05) is 12.3 Å². The number of hydrogen-bond acceptors (Lipinski definition) is 2. The molecule has 0 aromatic heterocycles. The second kappa shape index (κ2) is 5.52. The van der Waals surface area contributed by atoms with E-state index in [0.717, 1.165) is 17.2 Å². The predicted octanol–water partition coefficient (Wildman–Crippen LogP) is 3.31. The van der Waals surface area contributed by atoms with Crippen LogP contribution in [0.15, 0.2) is 29.2 Å². The van der Waals surface area contributed by atoms with Gasteiger partial charge in [0.2, 0.25) is 0 Å². The molecule has 0 bridgehead atoms. The predicted molar refractivity (Wildman–Crippen MR) is 64.9 cm³/mol. The molecular formula is C12H18FNS. The molecule has 0 fully saturated rings. The minimum atomic E-state index is -0.127. The zero-order chi connectivity index (χ0) is 11.3. The van der Waals surface area contributed by atoms with Crippen molar-refractivity contribution >= 4 is 11.8 Å². The van der Waals surface area contributed by atoms with Gasteiger partial charge < -0.3 is 5.32 Å². The van der Waals surface area contributed by atoms with Gasteiger partial charge >= 0.3 is 0 Å². The lowest BCUT2D eigenvalue weighted by molar-refractivity contribution is 0.441. The van der Waals surface area contributed by atoms with Crippen LogP contribution in [0.2, 0.25) is 0 Å². The summed E-state index contributed by atoms with van der Waals surface area (Å²) in [6.07, 6.45) is 0. The molecule has 0 amide bonds. The van der Waals surface area contributed by atoms with Crippen molar-refractivity contribution in [3.63, 3.8) is 0 Å². The van der Waals surface area contributed by atoms with Gasteiger partial charge in [-0.2, -0.15) is 0 Å². The minimum absolute atomic E-state index is 0.127. The molecule has 0 radical (unpaired) electrons. The van der Waals surface area contributed by atoms with Crippen LogP contribution in [-0.4, -0.2) is 17.8 Å². The Morgan fingerprint density at radius 1 is 1.27 bits per heavy atom. The SMILES string of the molecule is CC(C)(C)NCCSc1ccccc1F. The zero-order valence-electron chi connectivity index (χ0n) is 9.51. The van der Waals surface area contributed by atoms with Gasteiger partial charge in [-0.15, -0.1) is 11.8 Å². The lowest BCUT2D eigenvalue weighted by Gasteiger charge is -2.20. The van der Waals surface area contributed by atoms with Crippen molar-refractivity contribution in [1.82, 2.24) is 5.32 Å². The Hall–Kier alpha value is -0.540. The van der Waals surface area contributed by atoms with E-state index in [-0.39, 0.29) is 11.4 Å². The van der Waals surface area contributed by atoms with Crippen LogP contribution in [0, 0.1) is 5.82 Å². The molecule has 1 N–H and O–H groups in total. The van der Waals surface area contributed by atoms with E-state index in [2.05, 4.69) is 26.1 Å². The Morgan fingerprint density at radius 2 is 1.93 bits per heavy atom. The maximum atomic E-state index is 13.2. The summed E-state index contributed by atoms with van der Waals surface area (Å²) in [4.78, 5) is 0.730. The Morgan fingerprint density at radius 3 is 2.53 bits per heavy atom. The third-order valence-electron chi connectivity index (χ3n) is 1.85. The Balaban J connectivity index is 2.30. The Bertz CT molecular complexity index is 307. The molecule has 1 aromatic rings. The van der Waals surface area contributed by atoms with Gasteiger partial charge in [-0.05, 0) is 32.9 Å². The van der Waals surface area contributed by atoms with Gasteiger partial charge in [-0.1, -0.05) is 12.1 Å². The third kappa shape index (κ3) is 5.19. The van der Waals surface area contributed by atoms with Crippen LogP contribution in [-0.2, 0) is 0 Å². The van der Waals surface area contributed by atoms with Gasteiger partial charge in [-0.25, -0.2) is 4.39 Å². The molecule has 0 saturated carbocycles. The van der Waals surface area contributed by atoms with Crippen molar-refractivity contribution in [3.8, 4) is 0 Å². The van der Waals surface area contributed by atoms with E-state index < -0.39 is 0 Å². The lowest BCUT2D eigenvalue weighted by Crippen LogP contribution is -2.37. The van der Waals surface area contributed by atoms with Crippen molar-refractivity contribution in [3.05, 3.63) is 30.1 Å². The first-order chi connectivity index (χ1) is 6.99. The normalized spacial score (nSPS) is 11.7. The fraction of sp³-hybridized carbons (Fsp3) is 0.500. The van der Waals surface area contributed by atoms with Crippen LogP contribution < -0.4 is 5.32 Å². The lowest BCUT2D eigenvalue weighted by atomic mass is 10.1. The molecule has 3 heteroatoms. The molecule has 0 aliphatic rings. The topological polar surface area (TPSA) is 12.0 Å². The molecule has 1 aromatic carbocycles. The molecule has 0 unspecified atom stereocenters. The van der Waals surface area contributed by atoms with Gasteiger partial charge in [-0.3, -0.25) is 0 Å². The monoisotopic (exact) mass is 227 g/mol. The van der Waals surface area contributed by atoms with Crippen molar-refractivity contribution in [2.24, 2.45) is 0 Å². The van der Waals surface area contributed by atoms with E-state index in [1.54, 1.807) is 17.8 Å². The molecule has 15 heavy (non-hydrogen) atoms. The summed E-state index contributed by atoms with van der Waals surface area (Å²) in [5.74, 6) is 0.760. The smallest absolute Gasteiger partial charge is 0.136 e. The van der Waals surface area contributed by atoms with Gasteiger partial charge in [0.05, 0.1) is 0 Å². The van der Waals surface area contributed by atoms with Gasteiger partial charge in [0.25, 0.3) is 0 Å². The molecule has 1 nitrogen and oxygen atoms in total. The first-order valence-corrected chi connectivity index (χ1v) is 6.10. The number of hydrogen-bond donors (Lipinski definition) is 1. The van der Waals surface area contributed by atoms with E-state index in [1.165, 1.54) is 6.07 Å². The quantitative estimate of drug-likeness (QED) is 0.625. The molecule has 0 spiro atoms. The van der Waals surface area contributed by atoms with Crippen molar-refractivity contribution in [2.45, 2.75) is 31.2 Å². The first-order valence-electron chi connectivity index (χ1n) is 5.11. The van der Waals surface area contributed by atoms with Gasteiger partial charge in [0.1, 0.15) is 5.82 Å². The van der Waals surface area contributed by atoms with Crippen LogP contribution in [0.25, 0.3) is 0 Å². The number of rotatable bonds is 4. The highest BCUT2D eigenvalue weighted by atomic mass is 32.2. The number of thioether (sulfide) groups is 1. The fourth-order valence-electron chi connectivity index (χ4n) is 1.15. The van der Waals surface area contributed by atoms with E-state index in [1.807, 2.05) is 12.1 Å². The van der Waals surface area contributed by atoms with Crippen LogP contribution in [0.5, 0.6) is 0 Å². The molecule has 0 heterocycles. The third-order valence-corrected chi connectivity index (χ3v) is 2.90. The molecule has 84 valence electrons. The second-order valence-electron chi connectivity index (χ2n) is 4.46. The molecule has 0 aliphatic carbocycles. The summed E-state index contributed by atoms with van der Waals surface area (Å²) in [5, 5.41) is 3.37. The maximum Gasteiger partial charge on any atom is 0.136 e. The van der Waals surface area contributed by atoms with E-state index in [4.69, 9.17) is 0 Å². The minimum Gasteiger partial charge on any atom is -0.311 e. The average Bonchev–Trinajstić information content (AvgIpc) is 2.13. The van der Waals surface area contributed by atoms with Crippen LogP contribution >= 0.6 is 11.8 Å². The van der Waals surface area contributed by atoms with Gasteiger partial charge in [0.15, 0.2) is 0 Å². The van der Waals surface area contributed by atoms with Crippen LogP contribution in [0.3, 0.4) is 0 Å². The summed E-state index contributed by atoms with van der Waals surface area (Å²) in [7, 11) is 0. The highest BCUT2D eigenvalue weighted by Gasteiger charge is 2.07. The standard InChI is InChI=1S/C12H18FNS/c1-12(2,3)14-8-9-15-11-7-5-4-6-10(11)13/h4-7,14H,8-9H2,1-3H3. The molecule has 0 atom stereocenters. The highest BCUT2D eigenvalue weighted by Crippen LogP contribution is 2.20. The average molecular weight is 227 g/mol. The van der Waals surface area contributed by atoms with Crippen LogP contribution in [0.4, 0.5) is 4.39 Å². The second-order valence-corrected chi connectivity index (χ2v) is 5.59. The molecule has 1 rings (SSSR count). The Kier molecular flexibility index (Phi) is 4.61. The highest BCUT2D eigenvalue weighted by molar-refractivity contribution is 7.99. The maximum absolute atomic E-state index is 13.2. The summed E-state index contributed by atoms with van der Waals surface area (Å²) in [6, 6.07) is 6.89. The molecular weight excluding hydrogens is 209 g/mol. The summed E-state index contributed by atoms with van der Waals surface area (Å²) in [5.41, 5.74) is 0.135. The van der Waals surface area contributed by atoms with Crippen LogP contribution in [0.1, 0.15) is 20.8 Å². The first kappa shape index (κ1) is 12.5. The van der Waals surface area contributed by atoms with E-state index >= 15 is 0 Å². The van der Waals surface area contributed by atoms with Gasteiger partial charge in [0, 0.05) is 22.7 Å². The molecule has 0 saturated heterocycles. The van der Waals surface area contributed by atoms with Crippen molar-refractivity contribution in [1.29, 1.82) is 0 Å². The molecule has 0 aliphatic heterocycles. The van der Waals surface area contributed by atoms with E-state index in [9.17, 15) is 4.39 Å². The number of halogens is 1.